The zero-order valence-electron chi connectivity index (χ0n) is 37.1. The van der Waals surface area contributed by atoms with Crippen molar-refractivity contribution in [2.45, 2.75) is 0 Å². The molecule has 11 aromatic rings. The maximum atomic E-state index is 2.43. The highest BCUT2D eigenvalue weighted by Gasteiger charge is 2.23. The molecule has 0 unspecified atom stereocenters. The van der Waals surface area contributed by atoms with Crippen molar-refractivity contribution in [3.05, 3.63) is 284 Å². The molecule has 1 nitrogen and oxygen atoms in total. The molecule has 11 rings (SSSR count). The fourth-order valence-electron chi connectivity index (χ4n) is 9.54. The summed E-state index contributed by atoms with van der Waals surface area (Å²) in [6.07, 6.45) is 4.59. The van der Waals surface area contributed by atoms with Gasteiger partial charge < -0.3 is 4.90 Å². The Kier molecular flexibility index (Phi) is 11.5. The average Bonchev–Trinajstić information content (AvgIpc) is 3.41. The molecule has 0 saturated carbocycles. The van der Waals surface area contributed by atoms with Gasteiger partial charge in [0.2, 0.25) is 0 Å². The third-order valence-corrected chi connectivity index (χ3v) is 12.7. The molecule has 0 fully saturated rings. The van der Waals surface area contributed by atoms with E-state index in [1.54, 1.807) is 0 Å². The van der Waals surface area contributed by atoms with Crippen molar-refractivity contribution in [3.63, 3.8) is 0 Å². The Morgan fingerprint density at radius 2 is 0.642 bits per heavy atom. The number of nitrogens with zero attached hydrogens (tertiary/aromatic N) is 1. The Bertz CT molecular complexity index is 3390. The van der Waals surface area contributed by atoms with E-state index in [2.05, 4.69) is 290 Å². The number of hydrogen-bond donors (Lipinski definition) is 0. The molecule has 0 spiro atoms. The topological polar surface area (TPSA) is 3.24 Å². The van der Waals surface area contributed by atoms with Gasteiger partial charge in [-0.25, -0.2) is 0 Å². The molecule has 0 atom stereocenters. The molecular weight excluding hydrogens is 807 g/mol. The second kappa shape index (κ2) is 18.7. The highest BCUT2D eigenvalue weighted by Crippen LogP contribution is 2.49. The van der Waals surface area contributed by atoms with Crippen molar-refractivity contribution in [1.29, 1.82) is 0 Å². The monoisotopic (exact) mass is 853 g/mol. The van der Waals surface area contributed by atoms with Gasteiger partial charge in [0, 0.05) is 16.8 Å². The molecule has 316 valence electrons. The van der Waals surface area contributed by atoms with Crippen LogP contribution in [0.25, 0.3) is 89.7 Å². The minimum Gasteiger partial charge on any atom is -0.309 e. The number of benzene rings is 11. The summed E-state index contributed by atoms with van der Waals surface area (Å²) in [6, 6.07) is 98.4. The quantitative estimate of drug-likeness (QED) is 0.117. The minimum atomic E-state index is 1.09. The van der Waals surface area contributed by atoms with Gasteiger partial charge in [0.05, 0.1) is 11.4 Å². The largest absolute Gasteiger partial charge is 0.309 e. The van der Waals surface area contributed by atoms with Crippen LogP contribution in [0.3, 0.4) is 0 Å². The number of rotatable bonds is 11. The van der Waals surface area contributed by atoms with E-state index < -0.39 is 0 Å². The first kappa shape index (κ1) is 41.0. The standard InChI is InChI=1S/C66H47N/c1-7-23-49(24-8-1)59-35-19-21-37-62(59)67(63-38-22-20-36-60(63)50-25-9-2-10-26-50)58-44-43-55-45-48(39-41-56(55)46-58)40-42-57-47-61(51-27-11-3-12-28-51)65(53-31-15-5-16-32-53)66(54-33-17-6-18-34-54)64(57)52-29-13-4-14-30-52/h1-47H/b42-40+. The van der Waals surface area contributed by atoms with Gasteiger partial charge in [0.1, 0.15) is 0 Å². The van der Waals surface area contributed by atoms with Crippen LogP contribution in [0.1, 0.15) is 11.1 Å². The summed E-state index contributed by atoms with van der Waals surface area (Å²) in [6.45, 7) is 0. The Morgan fingerprint density at radius 3 is 1.15 bits per heavy atom. The van der Waals surface area contributed by atoms with Crippen LogP contribution in [-0.4, -0.2) is 0 Å². The molecule has 0 aliphatic heterocycles. The molecule has 0 saturated heterocycles. The predicted octanol–water partition coefficient (Wildman–Crippen LogP) is 18.5. The van der Waals surface area contributed by atoms with Gasteiger partial charge in [0.15, 0.2) is 0 Å². The molecule has 0 aliphatic rings. The molecule has 0 aromatic heterocycles. The molecule has 11 aromatic carbocycles. The number of fused-ring (bicyclic) bond motifs is 1. The molecule has 0 bridgehead atoms. The van der Waals surface area contributed by atoms with Gasteiger partial charge in [-0.2, -0.15) is 0 Å². The van der Waals surface area contributed by atoms with Crippen LogP contribution >= 0.6 is 0 Å². The van der Waals surface area contributed by atoms with Crippen molar-refractivity contribution in [2.24, 2.45) is 0 Å². The van der Waals surface area contributed by atoms with E-state index in [0.717, 1.165) is 28.2 Å². The first-order chi connectivity index (χ1) is 33.3. The lowest BCUT2D eigenvalue weighted by molar-refractivity contribution is 1.29. The summed E-state index contributed by atoms with van der Waals surface area (Å²) < 4.78 is 0. The Morgan fingerprint density at radius 1 is 0.254 bits per heavy atom. The molecule has 1 heteroatoms. The van der Waals surface area contributed by atoms with Crippen molar-refractivity contribution in [1.82, 2.24) is 0 Å². The molecule has 0 N–H and O–H groups in total. The van der Waals surface area contributed by atoms with Crippen molar-refractivity contribution >= 4 is 40.0 Å². The summed E-state index contributed by atoms with van der Waals surface area (Å²) in [7, 11) is 0. The van der Waals surface area contributed by atoms with E-state index in [4.69, 9.17) is 0 Å². The van der Waals surface area contributed by atoms with E-state index in [0.29, 0.717) is 0 Å². The molecule has 0 radical (unpaired) electrons. The first-order valence-corrected chi connectivity index (χ1v) is 23.0. The summed E-state index contributed by atoms with van der Waals surface area (Å²) >= 11 is 0. The Balaban J connectivity index is 1.06. The molecule has 0 heterocycles. The van der Waals surface area contributed by atoms with E-state index in [-0.39, 0.29) is 0 Å². The third kappa shape index (κ3) is 8.39. The lowest BCUT2D eigenvalue weighted by atomic mass is 9.80. The van der Waals surface area contributed by atoms with Gasteiger partial charge in [0.25, 0.3) is 0 Å². The summed E-state index contributed by atoms with van der Waals surface area (Å²) in [4.78, 5) is 2.43. The third-order valence-electron chi connectivity index (χ3n) is 12.7. The van der Waals surface area contributed by atoms with Crippen molar-refractivity contribution in [3.8, 4) is 66.8 Å². The van der Waals surface area contributed by atoms with E-state index in [1.165, 1.54) is 77.5 Å². The Hall–Kier alpha value is -8.78. The van der Waals surface area contributed by atoms with Gasteiger partial charge in [-0.3, -0.25) is 0 Å². The number of hydrogen-bond acceptors (Lipinski definition) is 1. The smallest absolute Gasteiger partial charge is 0.0540 e. The fourth-order valence-corrected chi connectivity index (χ4v) is 9.54. The maximum absolute atomic E-state index is 2.43. The minimum absolute atomic E-state index is 1.09. The van der Waals surface area contributed by atoms with E-state index >= 15 is 0 Å². The van der Waals surface area contributed by atoms with Crippen LogP contribution in [-0.2, 0) is 0 Å². The fraction of sp³-hybridized carbons (Fsp3) is 0. The maximum Gasteiger partial charge on any atom is 0.0540 e. The van der Waals surface area contributed by atoms with Crippen LogP contribution < -0.4 is 4.90 Å². The predicted molar refractivity (Wildman–Crippen MR) is 287 cm³/mol. The number of para-hydroxylation sites is 2. The molecule has 0 amide bonds. The molecule has 67 heavy (non-hydrogen) atoms. The van der Waals surface area contributed by atoms with Crippen LogP contribution in [0.4, 0.5) is 17.1 Å². The van der Waals surface area contributed by atoms with Crippen LogP contribution in [0.15, 0.2) is 273 Å². The normalized spacial score (nSPS) is 11.2. The van der Waals surface area contributed by atoms with E-state index in [9.17, 15) is 0 Å². The van der Waals surface area contributed by atoms with Gasteiger partial charge in [-0.15, -0.1) is 0 Å². The highest BCUT2D eigenvalue weighted by molar-refractivity contribution is 6.06. The van der Waals surface area contributed by atoms with Crippen LogP contribution in [0, 0.1) is 0 Å². The van der Waals surface area contributed by atoms with E-state index in [1.807, 2.05) is 0 Å². The lowest BCUT2D eigenvalue weighted by Crippen LogP contribution is -2.12. The van der Waals surface area contributed by atoms with Crippen molar-refractivity contribution < 1.29 is 0 Å². The first-order valence-electron chi connectivity index (χ1n) is 23.0. The van der Waals surface area contributed by atoms with Gasteiger partial charge in [-0.1, -0.05) is 249 Å². The summed E-state index contributed by atoms with van der Waals surface area (Å²) in [5.41, 5.74) is 19.9. The van der Waals surface area contributed by atoms with Crippen molar-refractivity contribution in [2.75, 3.05) is 4.90 Å². The van der Waals surface area contributed by atoms with Crippen LogP contribution in [0.5, 0.6) is 0 Å². The highest BCUT2D eigenvalue weighted by atomic mass is 15.1. The van der Waals surface area contributed by atoms with Gasteiger partial charge >= 0.3 is 0 Å². The SMILES string of the molecule is C(=C\c1cc(-c2ccccc2)c(-c2ccccc2)c(-c2ccccc2)c1-c1ccccc1)/c1ccc2cc(N(c3ccccc3-c3ccccc3)c3ccccc3-c3ccccc3)ccc2c1. The van der Waals surface area contributed by atoms with Crippen LogP contribution in [0.2, 0.25) is 0 Å². The van der Waals surface area contributed by atoms with Gasteiger partial charge in [-0.05, 0) is 114 Å². The second-order valence-corrected chi connectivity index (χ2v) is 16.8. The zero-order chi connectivity index (χ0) is 44.8. The lowest BCUT2D eigenvalue weighted by Gasteiger charge is -2.30. The molecule has 0 aliphatic carbocycles. The Labute approximate surface area is 393 Å². The summed E-state index contributed by atoms with van der Waals surface area (Å²) in [5, 5.41) is 2.35. The zero-order valence-corrected chi connectivity index (χ0v) is 37.1. The average molecular weight is 854 g/mol. The second-order valence-electron chi connectivity index (χ2n) is 16.8. The molecular formula is C66H47N. The summed E-state index contributed by atoms with van der Waals surface area (Å²) in [5.74, 6) is 0. The number of anilines is 3.